The first-order valence-electron chi connectivity index (χ1n) is 9.93. The van der Waals surface area contributed by atoms with Crippen LogP contribution in [0.2, 0.25) is 0 Å². The molecule has 5 nitrogen and oxygen atoms in total. The van der Waals surface area contributed by atoms with Crippen molar-refractivity contribution in [3.8, 4) is 11.5 Å². The second-order valence-electron chi connectivity index (χ2n) is 7.22. The Morgan fingerprint density at radius 1 is 0.759 bits per heavy atom. The summed E-state index contributed by atoms with van der Waals surface area (Å²) in [7, 11) is 1.55. The van der Waals surface area contributed by atoms with Crippen molar-refractivity contribution in [3.63, 3.8) is 0 Å². The van der Waals surface area contributed by atoms with Crippen molar-refractivity contribution < 1.29 is 24.4 Å². The fraction of sp³-hybridized carbons (Fsp3) is 0.417. The van der Waals surface area contributed by atoms with E-state index in [-0.39, 0.29) is 13.2 Å². The van der Waals surface area contributed by atoms with Crippen molar-refractivity contribution >= 4 is 5.57 Å². The zero-order valence-electron chi connectivity index (χ0n) is 17.7. The number of hydrogen-bond acceptors (Lipinski definition) is 5. The van der Waals surface area contributed by atoms with Gasteiger partial charge in [0, 0.05) is 7.11 Å². The summed E-state index contributed by atoms with van der Waals surface area (Å²) in [6.07, 6.45) is -0.419. The Bertz CT molecular complexity index is 761. The van der Waals surface area contributed by atoms with E-state index >= 15 is 0 Å². The summed E-state index contributed by atoms with van der Waals surface area (Å²) in [4.78, 5) is 0. The van der Waals surface area contributed by atoms with Crippen LogP contribution in [0, 0.1) is 0 Å². The molecule has 0 bridgehead atoms. The summed E-state index contributed by atoms with van der Waals surface area (Å²) in [5, 5.41) is 19.3. The average Bonchev–Trinajstić information content (AvgIpc) is 2.72. The van der Waals surface area contributed by atoms with Crippen LogP contribution in [-0.2, 0) is 4.74 Å². The molecule has 0 radical (unpaired) electrons. The molecular formula is C24H32O5. The Kier molecular flexibility index (Phi) is 9.19. The van der Waals surface area contributed by atoms with E-state index in [1.54, 1.807) is 7.11 Å². The fourth-order valence-electron chi connectivity index (χ4n) is 2.92. The van der Waals surface area contributed by atoms with Gasteiger partial charge < -0.3 is 24.4 Å². The van der Waals surface area contributed by atoms with Crippen LogP contribution < -0.4 is 9.47 Å². The van der Waals surface area contributed by atoms with Gasteiger partial charge in [0.1, 0.15) is 30.8 Å². The van der Waals surface area contributed by atoms with Crippen LogP contribution in [0.1, 0.15) is 38.3 Å². The van der Waals surface area contributed by atoms with E-state index in [0.29, 0.717) is 18.8 Å². The van der Waals surface area contributed by atoms with E-state index in [0.717, 1.165) is 22.4 Å². The van der Waals surface area contributed by atoms with Gasteiger partial charge in [-0.05, 0) is 61.2 Å². The minimum Gasteiger partial charge on any atom is -0.491 e. The molecule has 0 aliphatic heterocycles. The van der Waals surface area contributed by atoms with Crippen LogP contribution >= 0.6 is 0 Å². The molecule has 0 aromatic heterocycles. The highest BCUT2D eigenvalue weighted by Crippen LogP contribution is 2.29. The topological polar surface area (TPSA) is 68.2 Å². The summed E-state index contributed by atoms with van der Waals surface area (Å²) in [6.45, 7) is 6.84. The first-order valence-corrected chi connectivity index (χ1v) is 9.93. The van der Waals surface area contributed by atoms with Crippen molar-refractivity contribution in [2.45, 2.75) is 39.4 Å². The van der Waals surface area contributed by atoms with Gasteiger partial charge in [-0.15, -0.1) is 0 Å². The molecule has 0 heterocycles. The van der Waals surface area contributed by atoms with E-state index in [9.17, 15) is 10.2 Å². The van der Waals surface area contributed by atoms with E-state index in [1.807, 2.05) is 55.5 Å². The first kappa shape index (κ1) is 22.9. The smallest absolute Gasteiger partial charge is 0.119 e. The van der Waals surface area contributed by atoms with Crippen LogP contribution in [0.25, 0.3) is 5.57 Å². The van der Waals surface area contributed by atoms with Crippen LogP contribution in [0.5, 0.6) is 11.5 Å². The zero-order chi connectivity index (χ0) is 21.2. The lowest BCUT2D eigenvalue weighted by Crippen LogP contribution is -2.22. The summed E-state index contributed by atoms with van der Waals surface area (Å²) >= 11 is 0. The summed E-state index contributed by atoms with van der Waals surface area (Å²) < 4.78 is 16.1. The van der Waals surface area contributed by atoms with E-state index < -0.39 is 12.2 Å². The number of benzene rings is 2. The van der Waals surface area contributed by atoms with Crippen molar-refractivity contribution in [1.29, 1.82) is 0 Å². The van der Waals surface area contributed by atoms with Gasteiger partial charge >= 0.3 is 0 Å². The molecule has 2 N–H and O–H groups in total. The molecule has 0 aliphatic carbocycles. The van der Waals surface area contributed by atoms with Crippen molar-refractivity contribution in [3.05, 3.63) is 65.2 Å². The molecule has 2 rings (SSSR count). The van der Waals surface area contributed by atoms with Gasteiger partial charge in [-0.3, -0.25) is 0 Å². The maximum Gasteiger partial charge on any atom is 0.119 e. The van der Waals surface area contributed by atoms with Crippen molar-refractivity contribution in [2.24, 2.45) is 0 Å². The highest BCUT2D eigenvalue weighted by atomic mass is 16.5. The molecular weight excluding hydrogens is 368 g/mol. The minimum absolute atomic E-state index is 0.191. The largest absolute Gasteiger partial charge is 0.491 e. The lowest BCUT2D eigenvalue weighted by atomic mass is 9.94. The summed E-state index contributed by atoms with van der Waals surface area (Å²) in [5.41, 5.74) is 4.53. The van der Waals surface area contributed by atoms with Crippen LogP contribution in [-0.4, -0.2) is 49.4 Å². The predicted molar refractivity (Wildman–Crippen MR) is 115 cm³/mol. The number of rotatable bonds is 11. The molecule has 0 amide bonds. The Morgan fingerprint density at radius 3 is 1.59 bits per heavy atom. The van der Waals surface area contributed by atoms with Gasteiger partial charge in [0.25, 0.3) is 0 Å². The number of methoxy groups -OCH3 is 1. The number of hydrogen-bond donors (Lipinski definition) is 2. The molecule has 2 atom stereocenters. The lowest BCUT2D eigenvalue weighted by Gasteiger charge is -2.15. The highest BCUT2D eigenvalue weighted by molar-refractivity contribution is 5.82. The van der Waals surface area contributed by atoms with Crippen LogP contribution in [0.15, 0.2) is 54.1 Å². The third-order valence-corrected chi connectivity index (χ3v) is 4.50. The molecule has 0 spiro atoms. The number of aliphatic hydroxyl groups excluding tert-OH is 2. The summed E-state index contributed by atoms with van der Waals surface area (Å²) in [5.74, 6) is 1.45. The standard InChI is InChI=1S/C24H32O5/c1-5-20(25)15-28-22-10-6-18(7-11-22)24(17(2)3)19-8-12-23(13-9-19)29-16-21(26)14-27-4/h6-13,20-21,25-26H,5,14-16H2,1-4H3. The third kappa shape index (κ3) is 7.20. The highest BCUT2D eigenvalue weighted by Gasteiger charge is 2.10. The van der Waals surface area contributed by atoms with E-state index in [4.69, 9.17) is 14.2 Å². The molecule has 2 aromatic carbocycles. The van der Waals surface area contributed by atoms with Crippen LogP contribution in [0.3, 0.4) is 0 Å². The molecule has 0 saturated carbocycles. The lowest BCUT2D eigenvalue weighted by molar-refractivity contribution is 0.0325. The van der Waals surface area contributed by atoms with Crippen LogP contribution in [0.4, 0.5) is 0 Å². The molecule has 0 fully saturated rings. The predicted octanol–water partition coefficient (Wildman–Crippen LogP) is 4.06. The molecule has 2 unspecified atom stereocenters. The van der Waals surface area contributed by atoms with Gasteiger partial charge in [0.05, 0.1) is 12.7 Å². The van der Waals surface area contributed by atoms with Gasteiger partial charge in [-0.2, -0.15) is 0 Å². The van der Waals surface area contributed by atoms with Gasteiger partial charge in [0.2, 0.25) is 0 Å². The minimum atomic E-state index is -0.646. The SMILES string of the molecule is CCC(O)COc1ccc(C(=C(C)C)c2ccc(OCC(O)COC)cc2)cc1. The number of ether oxygens (including phenoxy) is 3. The normalized spacial score (nSPS) is 12.9. The second kappa shape index (κ2) is 11.6. The molecule has 158 valence electrons. The zero-order valence-corrected chi connectivity index (χ0v) is 17.7. The maximum atomic E-state index is 9.70. The number of aliphatic hydroxyl groups is 2. The van der Waals surface area contributed by atoms with Gasteiger partial charge in [0.15, 0.2) is 0 Å². The first-order chi connectivity index (χ1) is 13.9. The molecule has 0 aliphatic rings. The van der Waals surface area contributed by atoms with Gasteiger partial charge in [-0.25, -0.2) is 0 Å². The second-order valence-corrected chi connectivity index (χ2v) is 7.22. The molecule has 0 saturated heterocycles. The Balaban J connectivity index is 2.09. The fourth-order valence-corrected chi connectivity index (χ4v) is 2.92. The van der Waals surface area contributed by atoms with E-state index in [2.05, 4.69) is 13.8 Å². The molecule has 29 heavy (non-hydrogen) atoms. The summed E-state index contributed by atoms with van der Waals surface area (Å²) in [6, 6.07) is 15.8. The van der Waals surface area contributed by atoms with Crippen molar-refractivity contribution in [2.75, 3.05) is 26.9 Å². The van der Waals surface area contributed by atoms with E-state index in [1.165, 1.54) is 5.57 Å². The maximum absolute atomic E-state index is 9.70. The molecule has 5 heteroatoms. The third-order valence-electron chi connectivity index (χ3n) is 4.50. The van der Waals surface area contributed by atoms with Crippen molar-refractivity contribution in [1.82, 2.24) is 0 Å². The number of allylic oxidation sites excluding steroid dienone is 1. The molecule has 2 aromatic rings. The Morgan fingerprint density at radius 2 is 1.21 bits per heavy atom. The Hall–Kier alpha value is -2.34. The monoisotopic (exact) mass is 400 g/mol. The average molecular weight is 401 g/mol. The van der Waals surface area contributed by atoms with Gasteiger partial charge in [-0.1, -0.05) is 36.8 Å². The Labute approximate surface area is 173 Å². The quantitative estimate of drug-likeness (QED) is 0.595.